The van der Waals surface area contributed by atoms with Crippen molar-refractivity contribution in [3.63, 3.8) is 0 Å². The summed E-state index contributed by atoms with van der Waals surface area (Å²) in [6.07, 6.45) is -0.617. The first kappa shape index (κ1) is 28.3. The summed E-state index contributed by atoms with van der Waals surface area (Å²) in [4.78, 5) is 1.70. The van der Waals surface area contributed by atoms with E-state index in [1.54, 1.807) is 18.2 Å². The number of benzene rings is 1. The third kappa shape index (κ3) is 6.82. The van der Waals surface area contributed by atoms with E-state index >= 15 is 0 Å². The minimum absolute atomic E-state index is 0.0690. The van der Waals surface area contributed by atoms with Crippen molar-refractivity contribution in [2.75, 3.05) is 50.6 Å². The van der Waals surface area contributed by atoms with Crippen LogP contribution in [0.3, 0.4) is 0 Å². The molecular formula is C25H27F5N5OPS. The Morgan fingerprint density at radius 3 is 2.66 bits per heavy atom. The molecule has 2 N–H and O–H groups in total. The van der Waals surface area contributed by atoms with Crippen LogP contribution in [0.4, 0.5) is 33.5 Å². The van der Waals surface area contributed by atoms with Crippen LogP contribution in [0.5, 0.6) is 0 Å². The lowest BCUT2D eigenvalue weighted by Crippen LogP contribution is -2.46. The van der Waals surface area contributed by atoms with Crippen LogP contribution in [0.2, 0.25) is 0 Å². The molecule has 0 unspecified atom stereocenters. The summed E-state index contributed by atoms with van der Waals surface area (Å²) in [5.41, 5.74) is -4.37. The van der Waals surface area contributed by atoms with Crippen LogP contribution >= 0.6 is 18.9 Å². The SMILES string of the molecule is CN1CC[C@@H](Nc2cccc3c(SC(F)(F)F)c(C#CCNc4ccc(P(C)(C)=O)cc4F)nn23)[C@@H](F)C1. The van der Waals surface area contributed by atoms with Crippen LogP contribution in [-0.4, -0.2) is 72.2 Å². The first-order chi connectivity index (χ1) is 17.8. The summed E-state index contributed by atoms with van der Waals surface area (Å²) in [6.45, 7) is 3.95. The normalized spacial score (nSPS) is 18.7. The fraction of sp³-hybridized carbons (Fsp3) is 0.400. The molecule has 0 spiro atoms. The number of anilines is 2. The van der Waals surface area contributed by atoms with E-state index in [2.05, 4.69) is 27.6 Å². The second-order valence-corrected chi connectivity index (χ2v) is 13.7. The fourth-order valence-corrected chi connectivity index (χ4v) is 5.65. The van der Waals surface area contributed by atoms with Gasteiger partial charge in [0, 0.05) is 18.4 Å². The maximum atomic E-state index is 14.6. The quantitative estimate of drug-likeness (QED) is 0.183. The molecule has 0 bridgehead atoms. The van der Waals surface area contributed by atoms with E-state index in [0.29, 0.717) is 24.1 Å². The molecule has 1 aromatic carbocycles. The molecule has 204 valence electrons. The number of pyridine rings is 1. The first-order valence-electron chi connectivity index (χ1n) is 11.8. The lowest BCUT2D eigenvalue weighted by atomic mass is 10.0. The number of halogens is 5. The number of hydrogen-bond donors (Lipinski definition) is 2. The van der Waals surface area contributed by atoms with Crippen LogP contribution in [-0.2, 0) is 4.57 Å². The average molecular weight is 572 g/mol. The number of nitrogens with zero attached hydrogens (tertiary/aromatic N) is 3. The summed E-state index contributed by atoms with van der Waals surface area (Å²) >= 11 is -0.321. The Balaban J connectivity index is 1.59. The molecule has 6 nitrogen and oxygen atoms in total. The highest BCUT2D eigenvalue weighted by Crippen LogP contribution is 2.41. The zero-order chi connectivity index (χ0) is 27.7. The minimum Gasteiger partial charge on any atom is -0.372 e. The number of thioether (sulfide) groups is 1. The lowest BCUT2D eigenvalue weighted by Gasteiger charge is -2.33. The van der Waals surface area contributed by atoms with Crippen LogP contribution < -0.4 is 15.9 Å². The summed E-state index contributed by atoms with van der Waals surface area (Å²) in [7, 11) is -0.796. The first-order valence-corrected chi connectivity index (χ1v) is 15.2. The third-order valence-electron chi connectivity index (χ3n) is 6.06. The van der Waals surface area contributed by atoms with Crippen LogP contribution in [0.15, 0.2) is 41.3 Å². The lowest BCUT2D eigenvalue weighted by molar-refractivity contribution is -0.0327. The number of alkyl halides is 4. The minimum atomic E-state index is -4.58. The van der Waals surface area contributed by atoms with Gasteiger partial charge in [-0.15, -0.1) is 0 Å². The number of aromatic nitrogens is 2. The van der Waals surface area contributed by atoms with Gasteiger partial charge in [-0.05, 0) is 74.8 Å². The zero-order valence-corrected chi connectivity index (χ0v) is 22.7. The van der Waals surface area contributed by atoms with Crippen molar-refractivity contribution in [2.24, 2.45) is 0 Å². The molecule has 0 saturated carbocycles. The van der Waals surface area contributed by atoms with Crippen molar-refractivity contribution >= 4 is 41.2 Å². The average Bonchev–Trinajstić information content (AvgIpc) is 3.15. The van der Waals surface area contributed by atoms with Gasteiger partial charge in [0.05, 0.1) is 28.7 Å². The summed E-state index contributed by atoms with van der Waals surface area (Å²) in [5, 5.41) is 10.6. The Hall–Kier alpha value is -2.74. The molecule has 1 fully saturated rings. The number of hydrogen-bond acceptors (Lipinski definition) is 6. The topological polar surface area (TPSA) is 61.7 Å². The standard InChI is InChI=1S/C25H27F5N5OPS/c1-34-13-11-20(18(27)15-34)32-23-8-4-7-22-24(38-25(28,29)30)21(33-35(22)23)6-5-12-31-19-10-9-16(14-17(19)26)37(2,3)36/h4,7-10,14,18,20,31-32H,11-13,15H2,1-3H3/t18-,20+/m0/s1. The Kier molecular flexibility index (Phi) is 8.31. The molecule has 38 heavy (non-hydrogen) atoms. The predicted molar refractivity (Wildman–Crippen MR) is 142 cm³/mol. The fourth-order valence-electron chi connectivity index (χ4n) is 4.11. The molecule has 13 heteroatoms. The molecule has 2 aromatic heterocycles. The molecule has 0 amide bonds. The van der Waals surface area contributed by atoms with Crippen molar-refractivity contribution in [3.8, 4) is 11.8 Å². The van der Waals surface area contributed by atoms with E-state index in [4.69, 9.17) is 0 Å². The van der Waals surface area contributed by atoms with E-state index in [1.807, 2.05) is 11.9 Å². The Bertz CT molecular complexity index is 1430. The molecule has 0 aliphatic carbocycles. The van der Waals surface area contributed by atoms with E-state index in [0.717, 1.165) is 0 Å². The number of rotatable bonds is 6. The van der Waals surface area contributed by atoms with Gasteiger partial charge in [0.1, 0.15) is 30.6 Å². The van der Waals surface area contributed by atoms with Crippen LogP contribution in [0.25, 0.3) is 5.52 Å². The number of fused-ring (bicyclic) bond motifs is 1. The van der Waals surface area contributed by atoms with Crippen LogP contribution in [0.1, 0.15) is 12.1 Å². The van der Waals surface area contributed by atoms with Gasteiger partial charge in [-0.2, -0.15) is 18.3 Å². The van der Waals surface area contributed by atoms with Gasteiger partial charge < -0.3 is 20.1 Å². The zero-order valence-electron chi connectivity index (χ0n) is 20.9. The molecular weight excluding hydrogens is 544 g/mol. The molecule has 1 aliphatic heterocycles. The number of nitrogens with one attached hydrogen (secondary N) is 2. The summed E-state index contributed by atoms with van der Waals surface area (Å²) in [5.74, 6) is 5.11. The summed E-state index contributed by atoms with van der Waals surface area (Å²) < 4.78 is 82.6. The van der Waals surface area contributed by atoms with Gasteiger partial charge in [0.15, 0.2) is 0 Å². The van der Waals surface area contributed by atoms with E-state index in [9.17, 15) is 26.5 Å². The molecule has 4 rings (SSSR count). The van der Waals surface area contributed by atoms with Crippen molar-refractivity contribution in [1.29, 1.82) is 0 Å². The van der Waals surface area contributed by atoms with Gasteiger partial charge in [-0.1, -0.05) is 12.0 Å². The van der Waals surface area contributed by atoms with Crippen LogP contribution in [0, 0.1) is 17.7 Å². The van der Waals surface area contributed by atoms with Crippen molar-refractivity contribution in [3.05, 3.63) is 47.9 Å². The second-order valence-electron chi connectivity index (χ2n) is 9.42. The molecule has 3 heterocycles. The maximum absolute atomic E-state index is 14.6. The van der Waals surface area contributed by atoms with Gasteiger partial charge >= 0.3 is 5.51 Å². The van der Waals surface area contributed by atoms with Gasteiger partial charge in [-0.25, -0.2) is 13.3 Å². The Morgan fingerprint density at radius 1 is 1.24 bits per heavy atom. The van der Waals surface area contributed by atoms with Gasteiger partial charge in [-0.3, -0.25) is 0 Å². The monoisotopic (exact) mass is 571 g/mol. The summed E-state index contributed by atoms with van der Waals surface area (Å²) in [6, 6.07) is 8.39. The van der Waals surface area contributed by atoms with Crippen molar-refractivity contribution in [1.82, 2.24) is 14.5 Å². The maximum Gasteiger partial charge on any atom is 0.446 e. The van der Waals surface area contributed by atoms with Gasteiger partial charge in [0.25, 0.3) is 0 Å². The highest BCUT2D eigenvalue weighted by Gasteiger charge is 2.33. The number of piperidine rings is 1. The molecule has 2 atom stereocenters. The van der Waals surface area contributed by atoms with E-state index < -0.39 is 30.7 Å². The molecule has 0 radical (unpaired) electrons. The molecule has 1 saturated heterocycles. The molecule has 1 aliphatic rings. The molecule has 3 aromatic rings. The van der Waals surface area contributed by atoms with Crippen molar-refractivity contribution < 1.29 is 26.5 Å². The Labute approximate surface area is 221 Å². The third-order valence-corrected chi connectivity index (χ3v) is 8.42. The van der Waals surface area contributed by atoms with Crippen molar-refractivity contribution in [2.45, 2.75) is 29.0 Å². The smallest absolute Gasteiger partial charge is 0.372 e. The van der Waals surface area contributed by atoms with E-state index in [-0.39, 0.29) is 46.6 Å². The highest BCUT2D eigenvalue weighted by atomic mass is 32.2. The van der Waals surface area contributed by atoms with Gasteiger partial charge in [0.2, 0.25) is 0 Å². The second kappa shape index (κ2) is 11.2. The van der Waals surface area contributed by atoms with E-state index in [1.165, 1.54) is 36.0 Å². The largest absolute Gasteiger partial charge is 0.446 e. The Morgan fingerprint density at radius 2 is 2.00 bits per heavy atom. The highest BCUT2D eigenvalue weighted by molar-refractivity contribution is 8.00. The number of likely N-dealkylation sites (tertiary alicyclic amines) is 1. The predicted octanol–water partition coefficient (Wildman–Crippen LogP) is 5.25.